The van der Waals surface area contributed by atoms with Crippen LogP contribution in [0.1, 0.15) is 25.4 Å². The van der Waals surface area contributed by atoms with Gasteiger partial charge in [0.05, 0.1) is 0 Å². The van der Waals surface area contributed by atoms with E-state index in [1.807, 2.05) is 0 Å². The van der Waals surface area contributed by atoms with Crippen LogP contribution < -0.4 is 5.73 Å². The van der Waals surface area contributed by atoms with E-state index in [2.05, 4.69) is 4.42 Å². The molecule has 2 N–H and O–H groups in total. The lowest BCUT2D eigenvalue weighted by molar-refractivity contribution is -0.153. The van der Waals surface area contributed by atoms with E-state index >= 15 is 0 Å². The number of nitrogens with two attached hydrogens (primary N) is 1. The van der Waals surface area contributed by atoms with Crippen LogP contribution >= 0.6 is 0 Å². The van der Waals surface area contributed by atoms with Gasteiger partial charge in [-0.15, -0.1) is 0 Å². The Balaban J connectivity index is 2.79. The highest BCUT2D eigenvalue weighted by Gasteiger charge is 2.35. The molecule has 2 nitrogen and oxygen atoms in total. The molecule has 0 saturated carbocycles. The Morgan fingerprint density at radius 1 is 1.29 bits per heavy atom. The van der Waals surface area contributed by atoms with Crippen molar-refractivity contribution in [2.24, 2.45) is 5.73 Å². The predicted octanol–water partition coefficient (Wildman–Crippen LogP) is 2.58. The van der Waals surface area contributed by atoms with Crippen LogP contribution in [-0.4, -0.2) is 5.54 Å². The van der Waals surface area contributed by atoms with Gasteiger partial charge in [-0.05, 0) is 26.0 Å². The van der Waals surface area contributed by atoms with Crippen LogP contribution in [0.5, 0.6) is 0 Å². The largest absolute Gasteiger partial charge is 0.456 e. The molecule has 1 heterocycles. The predicted molar refractivity (Wildman–Crippen MR) is 45.7 cm³/mol. The van der Waals surface area contributed by atoms with E-state index in [9.17, 15) is 13.2 Å². The zero-order chi connectivity index (χ0) is 11.0. The molecule has 0 atom stereocenters. The third kappa shape index (κ3) is 3.06. The summed E-state index contributed by atoms with van der Waals surface area (Å²) >= 11 is 0. The molecule has 0 aliphatic heterocycles. The normalized spacial score (nSPS) is 13.3. The van der Waals surface area contributed by atoms with Crippen molar-refractivity contribution in [3.05, 3.63) is 23.7 Å². The molecule has 0 bridgehead atoms. The molecular weight excluding hydrogens is 195 g/mol. The van der Waals surface area contributed by atoms with Crippen LogP contribution in [0.15, 0.2) is 16.5 Å². The molecule has 0 fully saturated rings. The molecule has 0 saturated heterocycles. The van der Waals surface area contributed by atoms with Crippen LogP contribution in [-0.2, 0) is 12.6 Å². The first-order valence-electron chi connectivity index (χ1n) is 4.13. The number of furan rings is 1. The van der Waals surface area contributed by atoms with Gasteiger partial charge in [0, 0.05) is 12.0 Å². The molecular formula is C9H12F3NO. The van der Waals surface area contributed by atoms with Gasteiger partial charge in [-0.3, -0.25) is 0 Å². The van der Waals surface area contributed by atoms with E-state index in [1.54, 1.807) is 13.8 Å². The number of hydrogen-bond donors (Lipinski definition) is 1. The Hall–Kier alpha value is -0.970. The van der Waals surface area contributed by atoms with Crippen LogP contribution in [0, 0.1) is 0 Å². The summed E-state index contributed by atoms with van der Waals surface area (Å²) in [5, 5.41) is 0. The van der Waals surface area contributed by atoms with E-state index in [0.717, 1.165) is 6.07 Å². The summed E-state index contributed by atoms with van der Waals surface area (Å²) in [6.45, 7) is 3.45. The summed E-state index contributed by atoms with van der Waals surface area (Å²) in [7, 11) is 0. The second kappa shape index (κ2) is 3.31. The molecule has 0 spiro atoms. The van der Waals surface area contributed by atoms with Crippen molar-refractivity contribution in [3.63, 3.8) is 0 Å². The molecule has 0 amide bonds. The third-order valence-electron chi connectivity index (χ3n) is 1.57. The minimum atomic E-state index is -4.42. The van der Waals surface area contributed by atoms with Crippen molar-refractivity contribution < 1.29 is 17.6 Å². The molecule has 0 unspecified atom stereocenters. The first-order chi connectivity index (χ1) is 6.18. The van der Waals surface area contributed by atoms with Gasteiger partial charge in [-0.25, -0.2) is 0 Å². The van der Waals surface area contributed by atoms with Gasteiger partial charge in [-0.1, -0.05) is 0 Å². The number of rotatable bonds is 2. The van der Waals surface area contributed by atoms with Gasteiger partial charge in [0.15, 0.2) is 0 Å². The molecule has 5 heteroatoms. The standard InChI is InChI=1S/C9H12F3NO/c1-8(2,13)5-6-3-4-7(14-6)9(10,11)12/h3-4H,5,13H2,1-2H3. The lowest BCUT2D eigenvalue weighted by Crippen LogP contribution is -2.34. The Labute approximate surface area is 79.9 Å². The fourth-order valence-electron chi connectivity index (χ4n) is 1.07. The lowest BCUT2D eigenvalue weighted by Gasteiger charge is -2.16. The van der Waals surface area contributed by atoms with Gasteiger partial charge >= 0.3 is 6.18 Å². The average molecular weight is 207 g/mol. The zero-order valence-electron chi connectivity index (χ0n) is 7.98. The smallest absolute Gasteiger partial charge is 0.449 e. The maximum atomic E-state index is 12.1. The van der Waals surface area contributed by atoms with E-state index in [1.165, 1.54) is 6.07 Å². The van der Waals surface area contributed by atoms with Gasteiger partial charge in [0.25, 0.3) is 0 Å². The Bertz CT molecular complexity index is 309. The third-order valence-corrected chi connectivity index (χ3v) is 1.57. The summed E-state index contributed by atoms with van der Waals surface area (Å²) < 4.78 is 40.9. The fraction of sp³-hybridized carbons (Fsp3) is 0.556. The van der Waals surface area contributed by atoms with E-state index in [-0.39, 0.29) is 12.2 Å². The van der Waals surface area contributed by atoms with Gasteiger partial charge < -0.3 is 10.2 Å². The van der Waals surface area contributed by atoms with Crippen molar-refractivity contribution >= 4 is 0 Å². The minimum Gasteiger partial charge on any atom is -0.456 e. The van der Waals surface area contributed by atoms with E-state index < -0.39 is 17.5 Å². The van der Waals surface area contributed by atoms with Crippen LogP contribution in [0.3, 0.4) is 0 Å². The Kier molecular flexibility index (Phi) is 2.63. The summed E-state index contributed by atoms with van der Waals surface area (Å²) in [4.78, 5) is 0. The maximum Gasteiger partial charge on any atom is 0.449 e. The Morgan fingerprint density at radius 2 is 1.86 bits per heavy atom. The molecule has 80 valence electrons. The average Bonchev–Trinajstić information content (AvgIpc) is 2.29. The number of alkyl halides is 3. The maximum absolute atomic E-state index is 12.1. The lowest BCUT2D eigenvalue weighted by atomic mass is 10.0. The molecule has 14 heavy (non-hydrogen) atoms. The first-order valence-corrected chi connectivity index (χ1v) is 4.13. The van der Waals surface area contributed by atoms with Crippen molar-refractivity contribution in [2.75, 3.05) is 0 Å². The van der Waals surface area contributed by atoms with Crippen LogP contribution in [0.4, 0.5) is 13.2 Å². The number of halogens is 3. The topological polar surface area (TPSA) is 39.2 Å². The second-order valence-corrected chi connectivity index (χ2v) is 3.93. The summed E-state index contributed by atoms with van der Waals surface area (Å²) in [6, 6.07) is 2.22. The van der Waals surface area contributed by atoms with Crippen molar-refractivity contribution in [1.29, 1.82) is 0 Å². The highest BCUT2D eigenvalue weighted by Crippen LogP contribution is 2.31. The van der Waals surface area contributed by atoms with Gasteiger partial charge in [-0.2, -0.15) is 13.2 Å². The quantitative estimate of drug-likeness (QED) is 0.809. The molecule has 1 aromatic rings. The Morgan fingerprint density at radius 3 is 2.21 bits per heavy atom. The zero-order valence-corrected chi connectivity index (χ0v) is 7.98. The van der Waals surface area contributed by atoms with Crippen LogP contribution in [0.25, 0.3) is 0 Å². The minimum absolute atomic E-state index is 0.254. The van der Waals surface area contributed by atoms with Crippen molar-refractivity contribution in [2.45, 2.75) is 32.0 Å². The van der Waals surface area contributed by atoms with Crippen LogP contribution in [0.2, 0.25) is 0 Å². The molecule has 1 aromatic heterocycles. The first kappa shape index (κ1) is 11.1. The second-order valence-electron chi connectivity index (χ2n) is 3.93. The highest BCUT2D eigenvalue weighted by atomic mass is 19.4. The molecule has 0 aliphatic rings. The molecule has 0 aliphatic carbocycles. The molecule has 1 rings (SSSR count). The molecule has 0 aromatic carbocycles. The van der Waals surface area contributed by atoms with Gasteiger partial charge in [0.2, 0.25) is 5.76 Å². The number of hydrogen-bond acceptors (Lipinski definition) is 2. The SMILES string of the molecule is CC(C)(N)Cc1ccc(C(F)(F)F)o1. The van der Waals surface area contributed by atoms with E-state index in [0.29, 0.717) is 0 Å². The highest BCUT2D eigenvalue weighted by molar-refractivity contribution is 5.11. The summed E-state index contributed by atoms with van der Waals surface area (Å²) in [6.07, 6.45) is -4.14. The van der Waals surface area contributed by atoms with E-state index in [4.69, 9.17) is 5.73 Å². The van der Waals surface area contributed by atoms with Crippen molar-refractivity contribution in [3.8, 4) is 0 Å². The van der Waals surface area contributed by atoms with Gasteiger partial charge in [0.1, 0.15) is 5.76 Å². The summed E-state index contributed by atoms with van der Waals surface area (Å²) in [5.74, 6) is -0.721. The molecule has 0 radical (unpaired) electrons. The fourth-order valence-corrected chi connectivity index (χ4v) is 1.07. The monoisotopic (exact) mass is 207 g/mol. The summed E-state index contributed by atoms with van der Waals surface area (Å²) in [5.41, 5.74) is 5.08. The van der Waals surface area contributed by atoms with Crippen molar-refractivity contribution in [1.82, 2.24) is 0 Å².